The van der Waals surface area contributed by atoms with Gasteiger partial charge in [0.1, 0.15) is 13.6 Å². The van der Waals surface area contributed by atoms with Crippen LogP contribution < -0.4 is 0 Å². The summed E-state index contributed by atoms with van der Waals surface area (Å²) in [5, 5.41) is 11.7. The lowest BCUT2D eigenvalue weighted by molar-refractivity contribution is -0.237. The summed E-state index contributed by atoms with van der Waals surface area (Å²) in [4.78, 5) is 0. The number of aliphatic hydroxyl groups is 1. The van der Waals surface area contributed by atoms with Gasteiger partial charge in [0.15, 0.2) is 31.2 Å². The first-order valence-corrected chi connectivity index (χ1v) is 33.9. The third-order valence-corrected chi connectivity index (χ3v) is 29.2. The molecule has 1 saturated heterocycles. The van der Waals surface area contributed by atoms with Gasteiger partial charge in [-0.2, -0.15) is 0 Å². The van der Waals surface area contributed by atoms with Gasteiger partial charge in [0.2, 0.25) is 0 Å². The zero-order chi connectivity index (χ0) is 51.4. The maximum atomic E-state index is 11.6. The van der Waals surface area contributed by atoms with Crippen molar-refractivity contribution >= 4 is 25.0 Å². The molecule has 0 aromatic heterocycles. The summed E-state index contributed by atoms with van der Waals surface area (Å²) in [7, 11) is -3.14. The van der Waals surface area contributed by atoms with Gasteiger partial charge < -0.3 is 42.1 Å². The lowest BCUT2D eigenvalue weighted by atomic mass is 9.81. The molecule has 12 heteroatoms. The second kappa shape index (κ2) is 26.6. The van der Waals surface area contributed by atoms with Gasteiger partial charge in [-0.1, -0.05) is 159 Å². The third-order valence-electron chi connectivity index (χ3n) is 15.9. The molecule has 388 valence electrons. The first-order valence-electron chi connectivity index (χ1n) is 25.2. The molecule has 0 amide bonds. The van der Waals surface area contributed by atoms with E-state index in [1.807, 2.05) is 12.2 Å². The predicted octanol–water partition coefficient (Wildman–Crippen LogP) is 14.3. The second-order valence-electron chi connectivity index (χ2n) is 24.8. The molecule has 9 nitrogen and oxygen atoms in total. The number of allylic oxidation sites excluding steroid dienone is 3. The van der Waals surface area contributed by atoms with E-state index in [1.54, 1.807) is 20.3 Å². The van der Waals surface area contributed by atoms with Crippen molar-refractivity contribution in [1.82, 2.24) is 0 Å². The van der Waals surface area contributed by atoms with Crippen LogP contribution in [0.25, 0.3) is 0 Å². The first-order chi connectivity index (χ1) is 30.0. The van der Waals surface area contributed by atoms with Crippen molar-refractivity contribution in [3.63, 3.8) is 0 Å². The smallest absolute Gasteiger partial charge is 0.195 e. The van der Waals surface area contributed by atoms with Crippen molar-refractivity contribution in [2.45, 2.75) is 228 Å². The SMILES string of the molecule is C=CC=C[C@H](C)[C@H](O)[C@@H](C)[C@H](O[Si](C)(C)C(C)(C)C)[C@@H](C)CC(C)=C[C@H](C)[C@@H](OCOC)[C@@H](C)C=C[C@H](C[C@@H]1O[C@@H](O[Si](C)(C)C(C)(C)C)[C@H](C)[C@@H](O[Si](C)(C)C(C)(C)C)[C@H]1C)OCOC. The van der Waals surface area contributed by atoms with E-state index in [4.69, 9.17) is 37.0 Å². The Kier molecular flexibility index (Phi) is 25.5. The van der Waals surface area contributed by atoms with E-state index in [1.165, 1.54) is 5.57 Å². The molecule has 1 N–H and O–H groups in total. The van der Waals surface area contributed by atoms with Crippen molar-refractivity contribution in [1.29, 1.82) is 0 Å². The number of rotatable bonds is 27. The highest BCUT2D eigenvalue weighted by molar-refractivity contribution is 6.75. The van der Waals surface area contributed by atoms with Gasteiger partial charge in [-0.15, -0.1) is 0 Å². The zero-order valence-corrected chi connectivity index (χ0v) is 50.3. The van der Waals surface area contributed by atoms with Crippen LogP contribution >= 0.6 is 0 Å². The van der Waals surface area contributed by atoms with Gasteiger partial charge in [-0.05, 0) is 73.7 Å². The molecule has 0 aliphatic carbocycles. The Bertz CT molecular complexity index is 1510. The summed E-state index contributed by atoms with van der Waals surface area (Å²) in [5.41, 5.74) is 1.27. The minimum Gasteiger partial charge on any atom is -0.413 e. The Morgan fingerprint density at radius 2 is 1.20 bits per heavy atom. The Morgan fingerprint density at radius 1 is 0.682 bits per heavy atom. The topological polar surface area (TPSA) is 94.1 Å². The molecule has 0 aromatic rings. The molecular weight excluding hydrogens is 877 g/mol. The maximum Gasteiger partial charge on any atom is 0.195 e. The molecule has 1 rings (SSSR count). The highest BCUT2D eigenvalue weighted by Crippen LogP contribution is 2.46. The number of ether oxygens (including phenoxy) is 5. The number of hydrogen-bond donors (Lipinski definition) is 1. The van der Waals surface area contributed by atoms with Crippen LogP contribution in [0.3, 0.4) is 0 Å². The van der Waals surface area contributed by atoms with E-state index in [-0.39, 0.29) is 107 Å². The highest BCUT2D eigenvalue weighted by atomic mass is 28.4. The Balaban J connectivity index is 3.56. The largest absolute Gasteiger partial charge is 0.413 e. The lowest BCUT2D eigenvalue weighted by Gasteiger charge is -2.51. The van der Waals surface area contributed by atoms with Gasteiger partial charge in [-0.3, -0.25) is 0 Å². The number of hydrogen-bond acceptors (Lipinski definition) is 9. The summed E-state index contributed by atoms with van der Waals surface area (Å²) in [6, 6.07) is 0. The summed E-state index contributed by atoms with van der Waals surface area (Å²) >= 11 is 0. The zero-order valence-electron chi connectivity index (χ0n) is 47.3. The van der Waals surface area contributed by atoms with Crippen LogP contribution in [-0.2, 0) is 37.0 Å². The standard InChI is InChI=1S/C54H106O9Si3/c1-27-28-29-38(3)47(55)43(8)49(61-64(21,22)52(10,11)12)41(6)33-37(2)32-40(5)48(59-36-57-20)39(4)30-31-45(58-35-56-19)34-46-42(7)50(62-65(23,24)53(13,14)15)44(9)51(60-46)63-66(25,26)54(16,17)18/h27-32,38-51,55H,1,33-36H2,2-26H3/t38-,39-,40-,41-,42-,43+,44+,45+,46-,47-,48-,49+,50-,51-/m0/s1. The fourth-order valence-electron chi connectivity index (χ4n) is 8.33. The van der Waals surface area contributed by atoms with Crippen LogP contribution in [-0.4, -0.2) is 101 Å². The van der Waals surface area contributed by atoms with Crippen molar-refractivity contribution in [2.24, 2.45) is 41.4 Å². The van der Waals surface area contributed by atoms with E-state index in [9.17, 15) is 5.11 Å². The van der Waals surface area contributed by atoms with Crippen molar-refractivity contribution < 1.29 is 42.1 Å². The fraction of sp³-hybridized carbons (Fsp3) is 0.852. The molecular formula is C54H106O9Si3. The van der Waals surface area contributed by atoms with E-state index in [0.717, 1.165) is 6.42 Å². The van der Waals surface area contributed by atoms with Gasteiger partial charge in [-0.25, -0.2) is 0 Å². The molecule has 14 atom stereocenters. The summed E-state index contributed by atoms with van der Waals surface area (Å²) in [6.07, 6.45) is 12.2. The maximum absolute atomic E-state index is 11.6. The van der Waals surface area contributed by atoms with Crippen LogP contribution in [0.5, 0.6) is 0 Å². The van der Waals surface area contributed by atoms with Crippen LogP contribution in [0.1, 0.15) is 131 Å². The third kappa shape index (κ3) is 18.8. The van der Waals surface area contributed by atoms with E-state index in [0.29, 0.717) is 6.42 Å². The molecule has 1 aliphatic rings. The van der Waals surface area contributed by atoms with Gasteiger partial charge in [0, 0.05) is 56.1 Å². The van der Waals surface area contributed by atoms with Crippen LogP contribution in [0.2, 0.25) is 54.4 Å². The van der Waals surface area contributed by atoms with E-state index < -0.39 is 31.1 Å². The van der Waals surface area contributed by atoms with Crippen molar-refractivity contribution in [3.05, 3.63) is 48.6 Å². The minimum absolute atomic E-state index is 0.0225. The summed E-state index contributed by atoms with van der Waals surface area (Å²) in [6.45, 7) is 56.3. The summed E-state index contributed by atoms with van der Waals surface area (Å²) in [5.74, 6) is 0.332. The predicted molar refractivity (Wildman–Crippen MR) is 286 cm³/mol. The van der Waals surface area contributed by atoms with E-state index in [2.05, 4.69) is 182 Å². The van der Waals surface area contributed by atoms with Gasteiger partial charge in [0.05, 0.1) is 36.6 Å². The number of aliphatic hydroxyl groups excluding tert-OH is 1. The van der Waals surface area contributed by atoms with Crippen molar-refractivity contribution in [2.75, 3.05) is 27.8 Å². The molecule has 0 saturated carbocycles. The Hall–Kier alpha value is -0.749. The molecule has 1 aliphatic heterocycles. The monoisotopic (exact) mass is 983 g/mol. The summed E-state index contributed by atoms with van der Waals surface area (Å²) < 4.78 is 52.4. The number of methoxy groups -OCH3 is 2. The van der Waals surface area contributed by atoms with Gasteiger partial charge in [0.25, 0.3) is 0 Å². The first kappa shape index (κ1) is 63.3. The fourth-order valence-corrected chi connectivity index (χ4v) is 12.5. The molecule has 0 radical (unpaired) electrons. The molecule has 0 bridgehead atoms. The Morgan fingerprint density at radius 3 is 1.70 bits per heavy atom. The van der Waals surface area contributed by atoms with E-state index >= 15 is 0 Å². The highest BCUT2D eigenvalue weighted by Gasteiger charge is 2.51. The average Bonchev–Trinajstić information content (AvgIpc) is 3.18. The minimum atomic E-state index is -2.18. The second-order valence-corrected chi connectivity index (χ2v) is 39.1. The normalized spacial score (nSPS) is 25.4. The van der Waals surface area contributed by atoms with Crippen LogP contribution in [0, 0.1) is 41.4 Å². The molecule has 1 heterocycles. The van der Waals surface area contributed by atoms with Crippen molar-refractivity contribution in [3.8, 4) is 0 Å². The van der Waals surface area contributed by atoms with Crippen LogP contribution in [0.4, 0.5) is 0 Å². The quantitative estimate of drug-likeness (QED) is 0.0374. The molecule has 66 heavy (non-hydrogen) atoms. The molecule has 0 aromatic carbocycles. The Labute approximate surface area is 411 Å². The average molecular weight is 984 g/mol. The van der Waals surface area contributed by atoms with Crippen LogP contribution in [0.15, 0.2) is 48.6 Å². The van der Waals surface area contributed by atoms with Gasteiger partial charge >= 0.3 is 0 Å². The lowest BCUT2D eigenvalue weighted by Crippen LogP contribution is -2.58. The molecule has 1 fully saturated rings. The molecule has 0 unspecified atom stereocenters. The molecule has 0 spiro atoms.